The zero-order valence-corrected chi connectivity index (χ0v) is 9.91. The zero-order chi connectivity index (χ0) is 12.1. The molecule has 0 atom stereocenters. The summed E-state index contributed by atoms with van der Waals surface area (Å²) in [6.45, 7) is 0.692. The van der Waals surface area contributed by atoms with Gasteiger partial charge in [-0.25, -0.2) is 4.98 Å². The average molecular weight is 237 g/mol. The Morgan fingerprint density at radius 2 is 2.24 bits per heavy atom. The summed E-state index contributed by atoms with van der Waals surface area (Å²) in [7, 11) is 0. The van der Waals surface area contributed by atoms with E-state index in [2.05, 4.69) is 15.3 Å². The molecule has 1 amide bonds. The Kier molecular flexibility index (Phi) is 3.78. The fourth-order valence-electron chi connectivity index (χ4n) is 2.44. The SMILES string of the molecule is O=C(NCC1(CO)CCCCC1)c1cnc[nH]1. The maximum atomic E-state index is 11.7. The molecule has 0 saturated heterocycles. The van der Waals surface area contributed by atoms with E-state index in [4.69, 9.17) is 0 Å². The lowest BCUT2D eigenvalue weighted by molar-refractivity contribution is 0.0716. The van der Waals surface area contributed by atoms with Crippen LogP contribution in [0.5, 0.6) is 0 Å². The highest BCUT2D eigenvalue weighted by molar-refractivity contribution is 5.91. The number of carbonyl (C=O) groups is 1. The van der Waals surface area contributed by atoms with E-state index < -0.39 is 0 Å². The lowest BCUT2D eigenvalue weighted by Crippen LogP contribution is -2.41. The highest BCUT2D eigenvalue weighted by atomic mass is 16.3. The predicted octanol–water partition coefficient (Wildman–Crippen LogP) is 1.08. The largest absolute Gasteiger partial charge is 0.396 e. The summed E-state index contributed by atoms with van der Waals surface area (Å²) in [4.78, 5) is 18.3. The summed E-state index contributed by atoms with van der Waals surface area (Å²) in [5.41, 5.74) is 0.349. The van der Waals surface area contributed by atoms with Crippen LogP contribution < -0.4 is 5.32 Å². The molecule has 0 spiro atoms. The van der Waals surface area contributed by atoms with Crippen LogP contribution in [0.4, 0.5) is 0 Å². The number of nitrogens with zero attached hydrogens (tertiary/aromatic N) is 1. The lowest BCUT2D eigenvalue weighted by atomic mass is 9.74. The second-order valence-electron chi connectivity index (χ2n) is 4.87. The molecule has 1 heterocycles. The molecule has 3 N–H and O–H groups in total. The van der Waals surface area contributed by atoms with Crippen molar-refractivity contribution >= 4 is 5.91 Å². The third-order valence-electron chi connectivity index (χ3n) is 3.62. The number of hydrogen-bond donors (Lipinski definition) is 3. The van der Waals surface area contributed by atoms with Gasteiger partial charge in [0.05, 0.1) is 19.1 Å². The molecule has 2 rings (SSSR count). The van der Waals surface area contributed by atoms with Gasteiger partial charge >= 0.3 is 0 Å². The van der Waals surface area contributed by atoms with Gasteiger partial charge in [0.2, 0.25) is 0 Å². The van der Waals surface area contributed by atoms with Crippen LogP contribution in [0.3, 0.4) is 0 Å². The number of aliphatic hydroxyl groups is 1. The van der Waals surface area contributed by atoms with Crippen LogP contribution in [0.2, 0.25) is 0 Å². The summed E-state index contributed by atoms with van der Waals surface area (Å²) in [5, 5.41) is 12.4. The third kappa shape index (κ3) is 2.85. The van der Waals surface area contributed by atoms with Gasteiger partial charge in [-0.3, -0.25) is 4.79 Å². The fourth-order valence-corrected chi connectivity index (χ4v) is 2.44. The van der Waals surface area contributed by atoms with E-state index in [1.807, 2.05) is 0 Å². The molecule has 1 fully saturated rings. The minimum absolute atomic E-state index is 0.117. The molecule has 0 aliphatic heterocycles. The first-order valence-corrected chi connectivity index (χ1v) is 6.13. The first kappa shape index (κ1) is 12.1. The second-order valence-corrected chi connectivity index (χ2v) is 4.87. The van der Waals surface area contributed by atoms with E-state index in [0.29, 0.717) is 12.2 Å². The molecule has 1 saturated carbocycles. The molecule has 1 aromatic heterocycles. The highest BCUT2D eigenvalue weighted by Crippen LogP contribution is 2.35. The molecule has 1 aromatic rings. The van der Waals surface area contributed by atoms with E-state index >= 15 is 0 Å². The van der Waals surface area contributed by atoms with E-state index in [-0.39, 0.29) is 17.9 Å². The molecule has 1 aliphatic carbocycles. The van der Waals surface area contributed by atoms with Crippen LogP contribution in [-0.2, 0) is 0 Å². The van der Waals surface area contributed by atoms with Crippen molar-refractivity contribution in [3.8, 4) is 0 Å². The molecule has 0 aromatic carbocycles. The van der Waals surface area contributed by atoms with Crippen molar-refractivity contribution in [2.75, 3.05) is 13.2 Å². The van der Waals surface area contributed by atoms with E-state index in [9.17, 15) is 9.90 Å². The number of imidazole rings is 1. The standard InChI is InChI=1S/C12H19N3O2/c16-8-12(4-2-1-3-5-12)7-14-11(17)10-6-13-9-15-10/h6,9,16H,1-5,7-8H2,(H,13,15)(H,14,17). The van der Waals surface area contributed by atoms with Gasteiger partial charge in [-0.2, -0.15) is 0 Å². The van der Waals surface area contributed by atoms with Crippen LogP contribution in [0, 0.1) is 5.41 Å². The van der Waals surface area contributed by atoms with Crippen molar-refractivity contribution in [3.63, 3.8) is 0 Å². The van der Waals surface area contributed by atoms with E-state index in [1.54, 1.807) is 0 Å². The summed E-state index contributed by atoms with van der Waals surface area (Å²) in [5.74, 6) is -0.152. The molecule has 1 aliphatic rings. The van der Waals surface area contributed by atoms with Crippen LogP contribution in [0.1, 0.15) is 42.6 Å². The summed E-state index contributed by atoms with van der Waals surface area (Å²) < 4.78 is 0. The minimum Gasteiger partial charge on any atom is -0.396 e. The van der Waals surface area contributed by atoms with Gasteiger partial charge in [0.1, 0.15) is 5.69 Å². The summed E-state index contributed by atoms with van der Waals surface area (Å²) in [6.07, 6.45) is 8.48. The maximum Gasteiger partial charge on any atom is 0.269 e. The van der Waals surface area contributed by atoms with Crippen molar-refractivity contribution in [1.82, 2.24) is 15.3 Å². The van der Waals surface area contributed by atoms with Crippen molar-refractivity contribution < 1.29 is 9.90 Å². The van der Waals surface area contributed by atoms with Gasteiger partial charge in [-0.1, -0.05) is 19.3 Å². The average Bonchev–Trinajstić information content (AvgIpc) is 2.91. The quantitative estimate of drug-likeness (QED) is 0.733. The highest BCUT2D eigenvalue weighted by Gasteiger charge is 2.31. The topological polar surface area (TPSA) is 78.0 Å². The number of H-pyrrole nitrogens is 1. The lowest BCUT2D eigenvalue weighted by Gasteiger charge is -2.35. The number of carbonyl (C=O) groups excluding carboxylic acids is 1. The molecule has 94 valence electrons. The van der Waals surface area contributed by atoms with Gasteiger partial charge in [-0.15, -0.1) is 0 Å². The molecule has 0 radical (unpaired) electrons. The first-order chi connectivity index (χ1) is 8.26. The Balaban J connectivity index is 1.89. The summed E-state index contributed by atoms with van der Waals surface area (Å²) in [6, 6.07) is 0. The van der Waals surface area contributed by atoms with E-state index in [0.717, 1.165) is 25.7 Å². The number of nitrogens with one attached hydrogen (secondary N) is 2. The van der Waals surface area contributed by atoms with E-state index in [1.165, 1.54) is 18.9 Å². The van der Waals surface area contributed by atoms with Crippen LogP contribution in [-0.4, -0.2) is 34.1 Å². The minimum atomic E-state index is -0.152. The van der Waals surface area contributed by atoms with Crippen molar-refractivity contribution in [2.45, 2.75) is 32.1 Å². The number of amides is 1. The van der Waals surface area contributed by atoms with Gasteiger partial charge in [-0.05, 0) is 12.8 Å². The number of rotatable bonds is 4. The molecule has 5 heteroatoms. The van der Waals surface area contributed by atoms with Crippen LogP contribution in [0.25, 0.3) is 0 Å². The molecule has 5 nitrogen and oxygen atoms in total. The Morgan fingerprint density at radius 3 is 2.82 bits per heavy atom. The monoisotopic (exact) mass is 237 g/mol. The maximum absolute atomic E-state index is 11.7. The van der Waals surface area contributed by atoms with Crippen LogP contribution in [0.15, 0.2) is 12.5 Å². The van der Waals surface area contributed by atoms with Crippen LogP contribution >= 0.6 is 0 Å². The second kappa shape index (κ2) is 5.31. The smallest absolute Gasteiger partial charge is 0.269 e. The third-order valence-corrected chi connectivity index (χ3v) is 3.62. The molecular formula is C12H19N3O2. The normalized spacial score (nSPS) is 18.9. The Labute approximate surface area is 101 Å². The number of aromatic amines is 1. The Morgan fingerprint density at radius 1 is 1.47 bits per heavy atom. The molecule has 0 unspecified atom stereocenters. The Hall–Kier alpha value is -1.36. The Bertz CT molecular complexity index is 356. The summed E-state index contributed by atoms with van der Waals surface area (Å²) >= 11 is 0. The van der Waals surface area contributed by atoms with Gasteiger partial charge in [0.25, 0.3) is 5.91 Å². The number of aliphatic hydroxyl groups excluding tert-OH is 1. The molecule has 0 bridgehead atoms. The van der Waals surface area contributed by atoms with Crippen molar-refractivity contribution in [3.05, 3.63) is 18.2 Å². The molecule has 17 heavy (non-hydrogen) atoms. The molecular weight excluding hydrogens is 218 g/mol. The van der Waals surface area contributed by atoms with Crippen molar-refractivity contribution in [1.29, 1.82) is 0 Å². The van der Waals surface area contributed by atoms with Gasteiger partial charge in [0.15, 0.2) is 0 Å². The van der Waals surface area contributed by atoms with Gasteiger partial charge in [0, 0.05) is 12.0 Å². The zero-order valence-electron chi connectivity index (χ0n) is 9.91. The first-order valence-electron chi connectivity index (χ1n) is 6.13. The number of aromatic nitrogens is 2. The van der Waals surface area contributed by atoms with Gasteiger partial charge < -0.3 is 15.4 Å². The van der Waals surface area contributed by atoms with Crippen molar-refractivity contribution in [2.24, 2.45) is 5.41 Å². The predicted molar refractivity (Wildman–Crippen MR) is 63.5 cm³/mol. The fraction of sp³-hybridized carbons (Fsp3) is 0.667. The number of hydrogen-bond acceptors (Lipinski definition) is 3.